The second kappa shape index (κ2) is 9.34. The molecule has 31 heavy (non-hydrogen) atoms. The lowest BCUT2D eigenvalue weighted by Crippen LogP contribution is -2.28. The highest BCUT2D eigenvalue weighted by Crippen LogP contribution is 2.23. The highest BCUT2D eigenvalue weighted by Gasteiger charge is 2.22. The Morgan fingerprint density at radius 1 is 1.35 bits per heavy atom. The van der Waals surface area contributed by atoms with Crippen LogP contribution in [-0.2, 0) is 16.1 Å². The van der Waals surface area contributed by atoms with Crippen LogP contribution in [0.3, 0.4) is 0 Å². The number of aryl methyl sites for hydroxylation is 1. The molecule has 4 heterocycles. The molecule has 0 saturated carbocycles. The molecule has 0 aliphatic carbocycles. The zero-order valence-corrected chi connectivity index (χ0v) is 17.1. The number of carbonyl (C=O) groups excluding carboxylic acids is 1. The quantitative estimate of drug-likeness (QED) is 0.618. The lowest BCUT2D eigenvalue weighted by Gasteiger charge is -2.21. The van der Waals surface area contributed by atoms with Crippen molar-refractivity contribution in [3.8, 4) is 5.88 Å². The van der Waals surface area contributed by atoms with Crippen LogP contribution in [0.5, 0.6) is 5.88 Å². The van der Waals surface area contributed by atoms with Crippen LogP contribution in [0.1, 0.15) is 24.0 Å². The molecule has 1 fully saturated rings. The number of pyridine rings is 2. The number of fused-ring (bicyclic) bond motifs is 1. The Morgan fingerprint density at radius 2 is 2.16 bits per heavy atom. The summed E-state index contributed by atoms with van der Waals surface area (Å²) in [5.41, 5.74) is 2.22. The van der Waals surface area contributed by atoms with Gasteiger partial charge in [-0.1, -0.05) is 0 Å². The Kier molecular flexibility index (Phi) is 6.36. The molecule has 164 valence electrons. The van der Waals surface area contributed by atoms with E-state index in [0.717, 1.165) is 10.9 Å². The summed E-state index contributed by atoms with van der Waals surface area (Å²) < 4.78 is 36.7. The van der Waals surface area contributed by atoms with Crippen molar-refractivity contribution in [1.29, 1.82) is 0 Å². The fourth-order valence-electron chi connectivity index (χ4n) is 3.54. The largest absolute Gasteiger partial charge is 0.471 e. The molecule has 1 saturated heterocycles. The van der Waals surface area contributed by atoms with Crippen molar-refractivity contribution in [3.05, 3.63) is 41.9 Å². The van der Waals surface area contributed by atoms with E-state index in [-0.39, 0.29) is 17.7 Å². The second-order valence-electron chi connectivity index (χ2n) is 7.46. The van der Waals surface area contributed by atoms with Crippen LogP contribution < -0.4 is 10.1 Å². The first-order valence-electron chi connectivity index (χ1n) is 10.1. The monoisotopic (exact) mass is 431 g/mol. The van der Waals surface area contributed by atoms with Crippen LogP contribution in [0.15, 0.2) is 30.7 Å². The first-order valence-corrected chi connectivity index (χ1v) is 10.1. The number of ether oxygens (including phenoxy) is 2. The van der Waals surface area contributed by atoms with Gasteiger partial charge in [0.25, 0.3) is 6.43 Å². The van der Waals surface area contributed by atoms with Gasteiger partial charge in [-0.2, -0.15) is 5.10 Å². The Morgan fingerprint density at radius 3 is 2.90 bits per heavy atom. The zero-order valence-electron chi connectivity index (χ0n) is 17.1. The van der Waals surface area contributed by atoms with E-state index >= 15 is 0 Å². The summed E-state index contributed by atoms with van der Waals surface area (Å²) >= 11 is 0. The molecule has 4 rings (SSSR count). The minimum absolute atomic E-state index is 0.0599. The van der Waals surface area contributed by atoms with Crippen molar-refractivity contribution >= 4 is 22.6 Å². The first kappa shape index (κ1) is 21.1. The number of amides is 1. The summed E-state index contributed by atoms with van der Waals surface area (Å²) in [6, 6.07) is 3.60. The molecule has 1 aliphatic heterocycles. The van der Waals surface area contributed by atoms with Crippen LogP contribution in [0.25, 0.3) is 10.9 Å². The summed E-state index contributed by atoms with van der Waals surface area (Å²) in [5.74, 6) is 0.526. The van der Waals surface area contributed by atoms with Crippen LogP contribution in [0.4, 0.5) is 14.6 Å². The van der Waals surface area contributed by atoms with E-state index in [2.05, 4.69) is 20.4 Å². The number of halogens is 2. The molecule has 0 radical (unpaired) electrons. The highest BCUT2D eigenvalue weighted by atomic mass is 19.3. The molecule has 0 aromatic carbocycles. The first-order chi connectivity index (χ1) is 15.0. The minimum atomic E-state index is -2.55. The third kappa shape index (κ3) is 5.13. The van der Waals surface area contributed by atoms with Crippen LogP contribution >= 0.6 is 0 Å². The molecule has 3 aromatic rings. The molecule has 1 amide bonds. The van der Waals surface area contributed by atoms with E-state index in [1.54, 1.807) is 30.1 Å². The van der Waals surface area contributed by atoms with Gasteiger partial charge >= 0.3 is 0 Å². The maximum atomic E-state index is 12.6. The Labute approximate surface area is 177 Å². The summed E-state index contributed by atoms with van der Waals surface area (Å²) in [4.78, 5) is 21.0. The van der Waals surface area contributed by atoms with Gasteiger partial charge in [0, 0.05) is 43.3 Å². The molecule has 1 aliphatic rings. The summed E-state index contributed by atoms with van der Waals surface area (Å²) in [6.07, 6.45) is 3.85. The van der Waals surface area contributed by atoms with Crippen LogP contribution in [0, 0.1) is 12.8 Å². The fourth-order valence-corrected chi connectivity index (χ4v) is 3.54. The van der Waals surface area contributed by atoms with Gasteiger partial charge in [-0.05, 0) is 37.5 Å². The number of nitrogens with one attached hydrogen (secondary N) is 1. The third-order valence-electron chi connectivity index (χ3n) is 5.09. The van der Waals surface area contributed by atoms with Crippen molar-refractivity contribution in [2.24, 2.45) is 5.92 Å². The average molecular weight is 431 g/mol. The Bertz CT molecular complexity index is 1070. The number of alkyl halides is 2. The van der Waals surface area contributed by atoms with Gasteiger partial charge in [-0.3, -0.25) is 9.48 Å². The lowest BCUT2D eigenvalue weighted by atomic mass is 9.99. The molecule has 1 N–H and O–H groups in total. The van der Waals surface area contributed by atoms with Gasteiger partial charge < -0.3 is 14.8 Å². The lowest BCUT2D eigenvalue weighted by molar-refractivity contribution is -0.122. The van der Waals surface area contributed by atoms with E-state index in [4.69, 9.17) is 9.47 Å². The van der Waals surface area contributed by atoms with E-state index in [1.807, 2.05) is 12.3 Å². The average Bonchev–Trinajstić information content (AvgIpc) is 3.17. The molecule has 0 spiro atoms. The van der Waals surface area contributed by atoms with Crippen molar-refractivity contribution in [2.45, 2.75) is 32.7 Å². The molecule has 8 nitrogen and oxygen atoms in total. The number of hydrogen-bond donors (Lipinski definition) is 1. The standard InChI is InChI=1S/C21H23F2N5O3/c1-13-8-14(9-25-21(13)31-12-18(22)23)10-28-11-16-17(27-28)2-5-24-19(16)26-20(29)15-3-6-30-7-4-15/h2,5,8-9,11,15,18H,3-4,6-7,10,12H2,1H3,(H,24,26,29). The van der Waals surface area contributed by atoms with Crippen molar-refractivity contribution in [2.75, 3.05) is 25.1 Å². The van der Waals surface area contributed by atoms with E-state index in [9.17, 15) is 13.6 Å². The number of nitrogens with zero attached hydrogens (tertiary/aromatic N) is 4. The van der Waals surface area contributed by atoms with Gasteiger partial charge in [0.05, 0.1) is 17.4 Å². The molecule has 0 atom stereocenters. The molecule has 0 bridgehead atoms. The van der Waals surface area contributed by atoms with Gasteiger partial charge in [0.15, 0.2) is 6.61 Å². The van der Waals surface area contributed by atoms with E-state index < -0.39 is 13.0 Å². The number of rotatable bonds is 7. The van der Waals surface area contributed by atoms with E-state index in [1.165, 1.54) is 0 Å². The van der Waals surface area contributed by atoms with Gasteiger partial charge in [-0.15, -0.1) is 0 Å². The molecular formula is C21H23F2N5O3. The molecule has 3 aromatic heterocycles. The number of hydrogen-bond acceptors (Lipinski definition) is 6. The van der Waals surface area contributed by atoms with Crippen molar-refractivity contribution in [1.82, 2.24) is 19.7 Å². The summed E-state index contributed by atoms with van der Waals surface area (Å²) in [6.45, 7) is 2.67. The Hall–Kier alpha value is -3.14. The topological polar surface area (TPSA) is 91.2 Å². The van der Waals surface area contributed by atoms with Crippen molar-refractivity contribution in [3.63, 3.8) is 0 Å². The summed E-state index contributed by atoms with van der Waals surface area (Å²) in [5, 5.41) is 8.21. The van der Waals surface area contributed by atoms with Crippen LogP contribution in [0.2, 0.25) is 0 Å². The maximum absolute atomic E-state index is 12.6. The Balaban J connectivity index is 1.49. The number of carbonyl (C=O) groups is 1. The summed E-state index contributed by atoms with van der Waals surface area (Å²) in [7, 11) is 0. The fraction of sp³-hybridized carbons (Fsp3) is 0.429. The van der Waals surface area contributed by atoms with Gasteiger partial charge in [-0.25, -0.2) is 18.7 Å². The van der Waals surface area contributed by atoms with Gasteiger partial charge in [0.2, 0.25) is 11.8 Å². The van der Waals surface area contributed by atoms with Crippen molar-refractivity contribution < 1.29 is 23.0 Å². The maximum Gasteiger partial charge on any atom is 0.272 e. The number of aromatic nitrogens is 4. The smallest absolute Gasteiger partial charge is 0.272 e. The second-order valence-corrected chi connectivity index (χ2v) is 7.46. The van der Waals surface area contributed by atoms with Crippen LogP contribution in [-0.4, -0.2) is 51.9 Å². The predicted octanol–water partition coefficient (Wildman–Crippen LogP) is 3.19. The van der Waals surface area contributed by atoms with Gasteiger partial charge in [0.1, 0.15) is 5.82 Å². The SMILES string of the molecule is Cc1cc(Cn2cc3c(NC(=O)C4CCOCC4)nccc3n2)cnc1OCC(F)F. The molecule has 10 heteroatoms. The predicted molar refractivity (Wildman–Crippen MR) is 109 cm³/mol. The molecule has 0 unspecified atom stereocenters. The third-order valence-corrected chi connectivity index (χ3v) is 5.09. The normalized spacial score (nSPS) is 14.8. The van der Waals surface area contributed by atoms with E-state index in [0.29, 0.717) is 49.5 Å². The highest BCUT2D eigenvalue weighted by molar-refractivity contribution is 5.99. The zero-order chi connectivity index (χ0) is 21.8. The number of anilines is 1. The minimum Gasteiger partial charge on any atom is -0.471 e. The molecular weight excluding hydrogens is 408 g/mol.